The first kappa shape index (κ1) is 22.0. The maximum absolute atomic E-state index is 13.6. The third-order valence-corrected chi connectivity index (χ3v) is 6.87. The van der Waals surface area contributed by atoms with Gasteiger partial charge in [-0.2, -0.15) is 0 Å². The Balaban J connectivity index is 1.34. The van der Waals surface area contributed by atoms with E-state index in [1.807, 2.05) is 102 Å². The van der Waals surface area contributed by atoms with Gasteiger partial charge in [-0.3, -0.25) is 14.2 Å². The van der Waals surface area contributed by atoms with Crippen molar-refractivity contribution in [1.82, 2.24) is 4.57 Å². The van der Waals surface area contributed by atoms with Crippen molar-refractivity contribution >= 4 is 51.1 Å². The van der Waals surface area contributed by atoms with E-state index < -0.39 is 0 Å². The summed E-state index contributed by atoms with van der Waals surface area (Å²) in [6.45, 7) is 1.93. The van der Waals surface area contributed by atoms with Crippen molar-refractivity contribution in [3.63, 3.8) is 0 Å². The molecule has 5 aromatic rings. The molecule has 1 unspecified atom stereocenters. The molecule has 0 aliphatic carbocycles. The van der Waals surface area contributed by atoms with Crippen LogP contribution in [-0.2, 0) is 11.2 Å². The summed E-state index contributed by atoms with van der Waals surface area (Å²) in [5, 5.41) is 4.81. The lowest BCUT2D eigenvalue weighted by molar-refractivity contribution is -0.115. The van der Waals surface area contributed by atoms with E-state index in [9.17, 15) is 9.59 Å². The van der Waals surface area contributed by atoms with Gasteiger partial charge < -0.3 is 5.32 Å². The van der Waals surface area contributed by atoms with Crippen molar-refractivity contribution in [2.45, 2.75) is 23.5 Å². The van der Waals surface area contributed by atoms with Crippen molar-refractivity contribution in [1.29, 1.82) is 0 Å². The summed E-state index contributed by atoms with van der Waals surface area (Å²) in [5.74, 6) is -0.0383. The number of fused-ring (bicyclic) bond motifs is 3. The van der Waals surface area contributed by atoms with Gasteiger partial charge in [0.1, 0.15) is 0 Å². The number of thioether (sulfide) groups is 1. The first-order valence-corrected chi connectivity index (χ1v) is 12.1. The fourth-order valence-electron chi connectivity index (χ4n) is 4.23. The van der Waals surface area contributed by atoms with E-state index >= 15 is 0 Å². The van der Waals surface area contributed by atoms with Gasteiger partial charge in [0.2, 0.25) is 11.8 Å². The normalized spacial score (nSPS) is 12.0. The zero-order valence-electron chi connectivity index (χ0n) is 18.8. The average Bonchev–Trinajstić information content (AvgIpc) is 3.19. The number of hydrogen-bond donors (Lipinski definition) is 1. The Labute approximate surface area is 202 Å². The molecule has 0 saturated heterocycles. The van der Waals surface area contributed by atoms with E-state index in [1.54, 1.807) is 0 Å². The summed E-state index contributed by atoms with van der Waals surface area (Å²) in [6, 6.07) is 33.3. The van der Waals surface area contributed by atoms with Gasteiger partial charge in [0.25, 0.3) is 0 Å². The molecule has 0 radical (unpaired) electrons. The molecule has 0 spiro atoms. The van der Waals surface area contributed by atoms with Gasteiger partial charge in [-0.1, -0.05) is 72.8 Å². The highest BCUT2D eigenvalue weighted by molar-refractivity contribution is 8.00. The molecule has 1 N–H and O–H groups in total. The minimum absolute atomic E-state index is 0.0286. The van der Waals surface area contributed by atoms with Gasteiger partial charge in [-0.15, -0.1) is 11.8 Å². The number of aromatic nitrogens is 1. The van der Waals surface area contributed by atoms with E-state index in [0.29, 0.717) is 6.42 Å². The zero-order chi connectivity index (χ0) is 23.5. The van der Waals surface area contributed by atoms with Crippen LogP contribution in [0.4, 0.5) is 5.69 Å². The van der Waals surface area contributed by atoms with E-state index in [2.05, 4.69) is 17.4 Å². The van der Waals surface area contributed by atoms with E-state index in [1.165, 1.54) is 11.8 Å². The Bertz CT molecular complexity index is 1440. The third kappa shape index (κ3) is 4.47. The van der Waals surface area contributed by atoms with Gasteiger partial charge in [0, 0.05) is 21.4 Å². The number of rotatable bonds is 6. The lowest BCUT2D eigenvalue weighted by atomic mass is 10.1. The molecule has 0 aliphatic heterocycles. The first-order chi connectivity index (χ1) is 16.6. The van der Waals surface area contributed by atoms with Crippen molar-refractivity contribution in [3.05, 3.63) is 109 Å². The minimum Gasteiger partial charge on any atom is -0.326 e. The van der Waals surface area contributed by atoms with Crippen LogP contribution in [0.5, 0.6) is 0 Å². The molecule has 5 heteroatoms. The highest BCUT2D eigenvalue weighted by Gasteiger charge is 2.21. The Morgan fingerprint density at radius 1 is 0.794 bits per heavy atom. The second-order valence-corrected chi connectivity index (χ2v) is 9.62. The number of nitrogens with one attached hydrogen (secondary N) is 1. The highest BCUT2D eigenvalue weighted by atomic mass is 32.2. The molecule has 4 nitrogen and oxygen atoms in total. The number of amides is 1. The molecule has 168 valence electrons. The van der Waals surface area contributed by atoms with E-state index in [-0.39, 0.29) is 17.1 Å². The van der Waals surface area contributed by atoms with Crippen LogP contribution in [0.3, 0.4) is 0 Å². The number of hydrogen-bond acceptors (Lipinski definition) is 3. The van der Waals surface area contributed by atoms with Crippen LogP contribution in [0.2, 0.25) is 0 Å². The summed E-state index contributed by atoms with van der Waals surface area (Å²) >= 11 is 1.49. The van der Waals surface area contributed by atoms with Gasteiger partial charge in [-0.05, 0) is 42.8 Å². The van der Waals surface area contributed by atoms with Gasteiger partial charge in [0.15, 0.2) is 0 Å². The molecular weight excluding hydrogens is 440 g/mol. The SMILES string of the molecule is CC(Sc1cccc(NC(=O)Cc2ccccc2)c1)C(=O)n1c2ccccc2c2ccccc21. The van der Waals surface area contributed by atoms with E-state index in [4.69, 9.17) is 0 Å². The molecule has 0 aliphatic rings. The first-order valence-electron chi connectivity index (χ1n) is 11.2. The monoisotopic (exact) mass is 464 g/mol. The number of benzene rings is 4. The summed E-state index contributed by atoms with van der Waals surface area (Å²) in [6.07, 6.45) is 0.320. The number of carbonyl (C=O) groups excluding carboxylic acids is 2. The second-order valence-electron chi connectivity index (χ2n) is 8.21. The molecule has 34 heavy (non-hydrogen) atoms. The Morgan fingerprint density at radius 3 is 2.09 bits per heavy atom. The molecule has 4 aromatic carbocycles. The molecule has 1 atom stereocenters. The molecule has 1 amide bonds. The number of para-hydroxylation sites is 2. The zero-order valence-corrected chi connectivity index (χ0v) is 19.6. The quantitative estimate of drug-likeness (QED) is 0.281. The van der Waals surface area contributed by atoms with Gasteiger partial charge in [0.05, 0.1) is 22.7 Å². The summed E-state index contributed by atoms with van der Waals surface area (Å²) in [7, 11) is 0. The van der Waals surface area contributed by atoms with Crippen molar-refractivity contribution in [3.8, 4) is 0 Å². The van der Waals surface area contributed by atoms with Crippen LogP contribution in [0, 0.1) is 0 Å². The van der Waals surface area contributed by atoms with Crippen LogP contribution in [-0.4, -0.2) is 21.6 Å². The summed E-state index contributed by atoms with van der Waals surface area (Å²) in [4.78, 5) is 27.0. The number of nitrogens with zero attached hydrogens (tertiary/aromatic N) is 1. The molecule has 0 saturated carbocycles. The Morgan fingerprint density at radius 2 is 1.41 bits per heavy atom. The van der Waals surface area contributed by atoms with Gasteiger partial charge >= 0.3 is 0 Å². The van der Waals surface area contributed by atoms with Crippen molar-refractivity contribution < 1.29 is 9.59 Å². The molecular formula is C29H24N2O2S. The maximum Gasteiger partial charge on any atom is 0.244 e. The second kappa shape index (κ2) is 9.57. The van der Waals surface area contributed by atoms with Crippen LogP contribution in [0.25, 0.3) is 21.8 Å². The van der Waals surface area contributed by atoms with Crippen LogP contribution in [0.15, 0.2) is 108 Å². The van der Waals surface area contributed by atoms with E-state index in [0.717, 1.165) is 38.0 Å². The molecule has 5 rings (SSSR count). The van der Waals surface area contributed by atoms with Crippen LogP contribution in [0.1, 0.15) is 17.3 Å². The average molecular weight is 465 g/mol. The number of anilines is 1. The Hall–Kier alpha value is -3.83. The highest BCUT2D eigenvalue weighted by Crippen LogP contribution is 2.32. The molecule has 1 aromatic heterocycles. The van der Waals surface area contributed by atoms with Gasteiger partial charge in [-0.25, -0.2) is 0 Å². The standard InChI is InChI=1S/C29H24N2O2S/c1-20(29(33)31-26-16-7-5-14-24(26)25-15-6-8-17-27(25)31)34-23-13-9-12-22(19-23)30-28(32)18-21-10-3-2-4-11-21/h2-17,19-20H,18H2,1H3,(H,30,32). The summed E-state index contributed by atoms with van der Waals surface area (Å²) < 4.78 is 1.83. The molecule has 0 bridgehead atoms. The van der Waals surface area contributed by atoms with Crippen molar-refractivity contribution in [2.24, 2.45) is 0 Å². The fourth-order valence-corrected chi connectivity index (χ4v) is 5.20. The lowest BCUT2D eigenvalue weighted by Gasteiger charge is -2.14. The van der Waals surface area contributed by atoms with Crippen molar-refractivity contribution in [2.75, 3.05) is 5.32 Å². The topological polar surface area (TPSA) is 51.1 Å². The smallest absolute Gasteiger partial charge is 0.244 e. The minimum atomic E-state index is -0.311. The lowest BCUT2D eigenvalue weighted by Crippen LogP contribution is -2.21. The predicted octanol–water partition coefficient (Wildman–Crippen LogP) is 6.80. The van der Waals surface area contributed by atoms with Crippen LogP contribution < -0.4 is 5.32 Å². The fraction of sp³-hybridized carbons (Fsp3) is 0.103. The van der Waals surface area contributed by atoms with Crippen LogP contribution >= 0.6 is 11.8 Å². The molecule has 0 fully saturated rings. The predicted molar refractivity (Wildman–Crippen MR) is 141 cm³/mol. The largest absolute Gasteiger partial charge is 0.326 e. The third-order valence-electron chi connectivity index (χ3n) is 5.79. The Kier molecular flexibility index (Phi) is 6.19. The number of carbonyl (C=O) groups is 2. The summed E-state index contributed by atoms with van der Waals surface area (Å²) in [5.41, 5.74) is 3.53. The molecule has 1 heterocycles. The maximum atomic E-state index is 13.6.